The number of halogens is 9. The third-order valence-electron chi connectivity index (χ3n) is 20.4. The van der Waals surface area contributed by atoms with Crippen molar-refractivity contribution < 1.29 is 55.9 Å². The first kappa shape index (κ1) is 113. The van der Waals surface area contributed by atoms with Crippen LogP contribution in [0.2, 0.25) is 36.3 Å². The average molecular weight is 2100 g/mol. The summed E-state index contributed by atoms with van der Waals surface area (Å²) in [7, 11) is 23.9. The van der Waals surface area contributed by atoms with Gasteiger partial charge in [0, 0.05) is 256 Å². The zero-order valence-corrected chi connectivity index (χ0v) is 83.0. The van der Waals surface area contributed by atoms with Crippen LogP contribution in [0.1, 0.15) is 85.0 Å². The maximum atomic E-state index is 13.7. The minimum absolute atomic E-state index is 0. The molecule has 740 valence electrons. The Labute approximate surface area is 840 Å². The SMILES string of the molecule is C.C.COc1cc(NCc2cnc(Cl)nc2Cl)cc(OC)c1.COc1cc(NCc2cnc(Cl)nc2NCc2ccn(C)c(=O)c2)cc(OC)c1.COc1cc(OC)c(Cl)c(N2Cc3cnc(Cl)nc3N(Cc3ccn(C)c(=O)c3)C2=O)c1Cl.COc1cc(OC)cc(N2Cc3cnc(Cl)nc3N(Cc3ccn(C)c(=O)c3)C2=O)c1.Cn1ccc(CN)cc1=O.NC1CCCCC1N.O=S(=O)(Cl)Cl. The van der Waals surface area contributed by atoms with Crippen LogP contribution < -0.4 is 113 Å². The summed E-state index contributed by atoms with van der Waals surface area (Å²) >= 11 is 42.8. The number of hydrogen-bond donors (Lipinski definition) is 6. The number of nitrogens with one attached hydrogen (secondary N) is 3. The second kappa shape index (κ2) is 53.6. The number of aromatic nitrogens is 12. The quantitative estimate of drug-likeness (QED) is 0.0186. The third kappa shape index (κ3) is 32.5. The molecule has 0 saturated heterocycles. The number of benzene rings is 4. The fraction of sp³-hybridized carbons (Fsp3) is 0.311. The Balaban J connectivity index is 0.000000233. The van der Waals surface area contributed by atoms with Gasteiger partial charge in [-0.1, -0.05) is 62.5 Å². The lowest BCUT2D eigenvalue weighted by molar-refractivity contribution is 0.248. The Morgan fingerprint density at radius 1 is 0.413 bits per heavy atom. The van der Waals surface area contributed by atoms with Gasteiger partial charge in [0.05, 0.1) is 94.4 Å². The van der Waals surface area contributed by atoms with E-state index in [2.05, 4.69) is 77.2 Å². The average Bonchev–Trinajstić information content (AvgIpc) is 0.739. The normalized spacial score (nSPS) is 13.2. The van der Waals surface area contributed by atoms with Gasteiger partial charge in [-0.25, -0.2) is 39.5 Å². The summed E-state index contributed by atoms with van der Waals surface area (Å²) in [5.41, 5.74) is 24.5. The number of carbonyl (C=O) groups excluding carboxylic acids is 2. The molecule has 12 aromatic rings. The van der Waals surface area contributed by atoms with Gasteiger partial charge < -0.3 is 89.3 Å². The molecule has 2 unspecified atom stereocenters. The number of aryl methyl sites for hydroxylation is 4. The Kier molecular flexibility index (Phi) is 43.8. The van der Waals surface area contributed by atoms with Gasteiger partial charge in [-0.05, 0) is 106 Å². The number of methoxy groups -OCH3 is 8. The maximum Gasteiger partial charge on any atom is 0.330 e. The molecule has 1 aliphatic carbocycles. The molecule has 0 spiro atoms. The van der Waals surface area contributed by atoms with E-state index >= 15 is 0 Å². The molecule has 138 heavy (non-hydrogen) atoms. The van der Waals surface area contributed by atoms with E-state index in [9.17, 15) is 28.8 Å². The van der Waals surface area contributed by atoms with Crippen molar-refractivity contribution >= 4 is 163 Å². The number of hydrogen-bond acceptors (Lipinski definition) is 30. The number of ether oxygens (including phenoxy) is 8. The number of nitrogens with zero attached hydrogens (tertiary/aromatic N) is 16. The summed E-state index contributed by atoms with van der Waals surface area (Å²) in [5.74, 6) is 5.79. The number of carbonyl (C=O) groups is 2. The van der Waals surface area contributed by atoms with E-state index in [-0.39, 0.29) is 130 Å². The lowest BCUT2D eigenvalue weighted by Gasteiger charge is -2.37. The van der Waals surface area contributed by atoms with Crippen LogP contribution in [0.3, 0.4) is 0 Å². The molecule has 4 aromatic carbocycles. The molecule has 9 N–H and O–H groups in total. The van der Waals surface area contributed by atoms with Gasteiger partial charge in [0.25, 0.3) is 22.2 Å². The van der Waals surface area contributed by atoms with Gasteiger partial charge in [-0.15, -0.1) is 0 Å². The molecule has 1 saturated carbocycles. The van der Waals surface area contributed by atoms with Gasteiger partial charge in [-0.2, -0.15) is 18.4 Å². The number of nitrogens with two attached hydrogens (primary N) is 3. The largest absolute Gasteiger partial charge is 0.497 e. The van der Waals surface area contributed by atoms with Crippen LogP contribution in [-0.4, -0.2) is 148 Å². The van der Waals surface area contributed by atoms with E-state index in [1.807, 2.05) is 36.4 Å². The Morgan fingerprint density at radius 2 is 0.754 bits per heavy atom. The lowest BCUT2D eigenvalue weighted by atomic mass is 9.92. The van der Waals surface area contributed by atoms with Crippen molar-refractivity contribution in [2.75, 3.05) is 92.4 Å². The molecule has 1 fully saturated rings. The van der Waals surface area contributed by atoms with Crippen LogP contribution in [-0.2, 0) is 88.8 Å². The molecular weight excluding hydrogens is 2000 g/mol. The van der Waals surface area contributed by atoms with Crippen molar-refractivity contribution in [3.63, 3.8) is 0 Å². The highest BCUT2D eigenvalue weighted by Gasteiger charge is 2.38. The van der Waals surface area contributed by atoms with Crippen molar-refractivity contribution in [1.29, 1.82) is 0 Å². The van der Waals surface area contributed by atoms with Crippen LogP contribution in [0, 0.1) is 0 Å². The first-order valence-corrected chi connectivity index (χ1v) is 46.4. The summed E-state index contributed by atoms with van der Waals surface area (Å²) in [6, 6.07) is 30.9. The van der Waals surface area contributed by atoms with Crippen molar-refractivity contribution in [3.8, 4) is 46.0 Å². The summed E-state index contributed by atoms with van der Waals surface area (Å²) in [6.45, 7) is 2.30. The number of anilines is 7. The van der Waals surface area contributed by atoms with E-state index < -0.39 is 14.3 Å². The number of pyridine rings is 4. The van der Waals surface area contributed by atoms with E-state index in [1.54, 1.807) is 174 Å². The van der Waals surface area contributed by atoms with Gasteiger partial charge >= 0.3 is 20.3 Å². The van der Waals surface area contributed by atoms with Crippen molar-refractivity contribution in [2.24, 2.45) is 45.4 Å². The van der Waals surface area contributed by atoms with Gasteiger partial charge in [-0.3, -0.25) is 38.8 Å². The predicted octanol–water partition coefficient (Wildman–Crippen LogP) is 15.8. The topological polar surface area (TPSA) is 460 Å². The van der Waals surface area contributed by atoms with Crippen LogP contribution in [0.5, 0.6) is 46.0 Å². The molecule has 10 heterocycles. The van der Waals surface area contributed by atoms with E-state index in [4.69, 9.17) is 145 Å². The lowest BCUT2D eigenvalue weighted by Crippen LogP contribution is -2.48. The van der Waals surface area contributed by atoms with Crippen LogP contribution in [0.4, 0.5) is 49.8 Å². The summed E-state index contributed by atoms with van der Waals surface area (Å²) < 4.78 is 66.6. The van der Waals surface area contributed by atoms with Crippen molar-refractivity contribution in [2.45, 2.75) is 105 Å². The fourth-order valence-corrected chi connectivity index (χ4v) is 14.5. The van der Waals surface area contributed by atoms with Gasteiger partial charge in [0.1, 0.15) is 78.6 Å². The van der Waals surface area contributed by atoms with E-state index in [0.717, 1.165) is 52.0 Å². The fourth-order valence-electron chi connectivity index (χ4n) is 13.0. The highest BCUT2D eigenvalue weighted by atomic mass is 36.0. The molecule has 2 atom stereocenters. The third-order valence-corrected chi connectivity index (χ3v) is 22.2. The zero-order chi connectivity index (χ0) is 99.4. The molecular formula is C90H105Cl9N22O16S. The number of fused-ring (bicyclic) bond motifs is 2. The summed E-state index contributed by atoms with van der Waals surface area (Å²) in [6.07, 6.45) is 17.9. The molecule has 48 heteroatoms. The second-order valence-corrected chi connectivity index (χ2v) is 35.7. The van der Waals surface area contributed by atoms with Crippen molar-refractivity contribution in [3.05, 3.63) is 281 Å². The predicted molar refractivity (Wildman–Crippen MR) is 542 cm³/mol. The minimum atomic E-state index is -3.72. The smallest absolute Gasteiger partial charge is 0.330 e. The van der Waals surface area contributed by atoms with Crippen LogP contribution >= 0.6 is 103 Å². The molecule has 8 aromatic heterocycles. The van der Waals surface area contributed by atoms with Gasteiger partial charge in [0.2, 0.25) is 21.1 Å². The monoisotopic (exact) mass is 2100 g/mol. The Morgan fingerprint density at radius 3 is 1.14 bits per heavy atom. The Bertz CT molecular complexity index is 6460. The van der Waals surface area contributed by atoms with Crippen molar-refractivity contribution in [1.82, 2.24) is 58.1 Å². The van der Waals surface area contributed by atoms with E-state index in [0.29, 0.717) is 106 Å². The molecule has 4 amide bonds. The minimum Gasteiger partial charge on any atom is -0.497 e. The highest BCUT2D eigenvalue weighted by Crippen LogP contribution is 2.49. The maximum absolute atomic E-state index is 13.7. The molecule has 2 aliphatic heterocycles. The van der Waals surface area contributed by atoms with Crippen LogP contribution in [0.15, 0.2) is 178 Å². The molecule has 15 rings (SSSR count). The molecule has 3 aliphatic rings. The number of amides is 4. The first-order chi connectivity index (χ1) is 64.8. The molecule has 38 nitrogen and oxygen atoms in total. The molecule has 0 bridgehead atoms. The Hall–Kier alpha value is -12.2. The second-order valence-electron chi connectivity index (χ2n) is 29.6. The highest BCUT2D eigenvalue weighted by molar-refractivity contribution is 8.31. The van der Waals surface area contributed by atoms with Gasteiger partial charge in [0.15, 0.2) is 0 Å². The zero-order valence-electron chi connectivity index (χ0n) is 75.4. The molecule has 0 radical (unpaired) electrons. The first-order valence-electron chi connectivity index (χ1n) is 40.7. The standard InChI is InChI=1S/C21H18Cl3N5O4.C21H20ClN5O4.C20H22ClN5O3.C13H13Cl2N3O2.C7H10N2O.C6H14N2.2CH4.Cl2O2S/c1-27-5-4-11(6-15(27)30)9-29-19-12(8-25-20(24)26-19)10-28(21(29)31)18-16(22)13(32-2)7-14(33-3)17(18)23;1-25-5-4-13(6-18(25)28)11-27-19-14(10-23-20(22)24-19)12-26(21(27)29)15-7-16(30-2)9-17(8-15)31-3;1-26-5-4-13(6-18(26)27)10-23-19-14(12-24-20(21)25-19)11-22-15-7-16(28-2)9-17(8-15)29-3;1-19-10-3-9(4-11(5-10)20-2)16-6-8-7-17-13(15)18-12(8)14;1-9-3-2-6(5-8)4-7(9)10;7-5-3-1-2-4-6(5)8;;;1-5(2,3)4/h4-8H,9-10H2,1-3H3;4-10H,11-12H2,1-3H3;4-9,12,22H,10-11H2,1-3H3,(H,23,24,25);3-5,7,16H,6H2,1-2H3;2-4H,5,8H2,1H3;5-6H,1-4,7-8H2;2*1H4;. The van der Waals surface area contributed by atoms with E-state index in [1.165, 1.54) is 84.4 Å². The summed E-state index contributed by atoms with van der Waals surface area (Å²) in [4.78, 5) is 113. The number of rotatable bonds is 24. The van der Waals surface area contributed by atoms with Crippen LogP contribution in [0.25, 0.3) is 0 Å². The summed E-state index contributed by atoms with van der Waals surface area (Å²) in [5, 5.41) is 10.6. The number of urea groups is 2.